The Kier molecular flexibility index (Phi) is 7.69. The summed E-state index contributed by atoms with van der Waals surface area (Å²) >= 11 is 3.28. The SMILES string of the molecule is COc1cc([C@@H](N)CCC(F)(F)F)c(OC)cc1Br.Cl. The molecule has 0 unspecified atom stereocenters. The lowest BCUT2D eigenvalue weighted by atomic mass is 10.0. The first-order valence-corrected chi connectivity index (χ1v) is 6.31. The summed E-state index contributed by atoms with van der Waals surface area (Å²) in [6.45, 7) is 0. The minimum absolute atomic E-state index is 0. The number of methoxy groups -OCH3 is 2. The van der Waals surface area contributed by atoms with Crippen molar-refractivity contribution in [2.45, 2.75) is 25.1 Å². The van der Waals surface area contributed by atoms with Crippen LogP contribution in [0.1, 0.15) is 24.4 Å². The zero-order valence-corrected chi connectivity index (χ0v) is 13.4. The van der Waals surface area contributed by atoms with Gasteiger partial charge >= 0.3 is 6.18 Å². The van der Waals surface area contributed by atoms with Crippen LogP contribution in [0.4, 0.5) is 13.2 Å². The van der Waals surface area contributed by atoms with E-state index >= 15 is 0 Å². The van der Waals surface area contributed by atoms with Crippen LogP contribution >= 0.6 is 28.3 Å². The zero-order chi connectivity index (χ0) is 14.6. The number of benzene rings is 1. The van der Waals surface area contributed by atoms with Crippen LogP contribution in [0.25, 0.3) is 0 Å². The van der Waals surface area contributed by atoms with Crippen molar-refractivity contribution >= 4 is 28.3 Å². The Labute approximate surface area is 130 Å². The highest BCUT2D eigenvalue weighted by molar-refractivity contribution is 9.10. The van der Waals surface area contributed by atoms with E-state index < -0.39 is 18.6 Å². The van der Waals surface area contributed by atoms with Crippen LogP contribution in [-0.4, -0.2) is 20.4 Å². The molecule has 0 bridgehead atoms. The van der Waals surface area contributed by atoms with E-state index in [2.05, 4.69) is 15.9 Å². The fraction of sp³-hybridized carbons (Fsp3) is 0.500. The molecule has 20 heavy (non-hydrogen) atoms. The Balaban J connectivity index is 0.00000361. The fourth-order valence-corrected chi connectivity index (χ4v) is 2.13. The van der Waals surface area contributed by atoms with Gasteiger partial charge < -0.3 is 15.2 Å². The maximum Gasteiger partial charge on any atom is 0.389 e. The summed E-state index contributed by atoms with van der Waals surface area (Å²) in [5, 5.41) is 0. The number of nitrogens with two attached hydrogens (primary N) is 1. The van der Waals surface area contributed by atoms with Gasteiger partial charge in [-0.2, -0.15) is 13.2 Å². The smallest absolute Gasteiger partial charge is 0.389 e. The fourth-order valence-electron chi connectivity index (χ4n) is 1.65. The molecule has 1 aromatic rings. The summed E-state index contributed by atoms with van der Waals surface area (Å²) in [5.74, 6) is 0.931. The van der Waals surface area contributed by atoms with Crippen molar-refractivity contribution in [2.24, 2.45) is 5.73 Å². The third-order valence-electron chi connectivity index (χ3n) is 2.64. The molecule has 0 spiro atoms. The third-order valence-corrected chi connectivity index (χ3v) is 3.26. The zero-order valence-electron chi connectivity index (χ0n) is 11.0. The highest BCUT2D eigenvalue weighted by atomic mass is 79.9. The van der Waals surface area contributed by atoms with Crippen molar-refractivity contribution in [2.75, 3.05) is 14.2 Å². The number of alkyl halides is 3. The first-order chi connectivity index (χ1) is 8.78. The van der Waals surface area contributed by atoms with Gasteiger partial charge in [0.05, 0.1) is 18.7 Å². The van der Waals surface area contributed by atoms with Crippen LogP contribution in [0.5, 0.6) is 11.5 Å². The molecular weight excluding hydrogens is 362 g/mol. The van der Waals surface area contributed by atoms with E-state index in [-0.39, 0.29) is 18.8 Å². The molecule has 0 amide bonds. The second-order valence-electron chi connectivity index (χ2n) is 3.99. The molecule has 0 saturated heterocycles. The molecule has 0 aliphatic heterocycles. The summed E-state index contributed by atoms with van der Waals surface area (Å²) in [5.41, 5.74) is 6.29. The minimum atomic E-state index is -4.22. The number of rotatable bonds is 5. The topological polar surface area (TPSA) is 44.5 Å². The van der Waals surface area contributed by atoms with Crippen molar-refractivity contribution in [3.63, 3.8) is 0 Å². The van der Waals surface area contributed by atoms with Crippen LogP contribution in [0.15, 0.2) is 16.6 Å². The first kappa shape index (κ1) is 19.3. The van der Waals surface area contributed by atoms with Crippen molar-refractivity contribution in [1.29, 1.82) is 0 Å². The molecule has 1 aromatic carbocycles. The maximum atomic E-state index is 12.2. The van der Waals surface area contributed by atoms with Crippen molar-refractivity contribution in [1.82, 2.24) is 0 Å². The average Bonchev–Trinajstić information content (AvgIpc) is 2.34. The van der Waals surface area contributed by atoms with Crippen molar-refractivity contribution in [3.05, 3.63) is 22.2 Å². The average molecular weight is 379 g/mol. The van der Waals surface area contributed by atoms with Gasteiger partial charge in [-0.25, -0.2) is 0 Å². The summed E-state index contributed by atoms with van der Waals surface area (Å²) in [4.78, 5) is 0. The second-order valence-corrected chi connectivity index (χ2v) is 4.84. The first-order valence-electron chi connectivity index (χ1n) is 5.52. The van der Waals surface area contributed by atoms with E-state index in [1.165, 1.54) is 14.2 Å². The van der Waals surface area contributed by atoms with Gasteiger partial charge in [-0.3, -0.25) is 0 Å². The number of hydrogen-bond acceptors (Lipinski definition) is 3. The molecule has 0 radical (unpaired) electrons. The predicted molar refractivity (Wildman–Crippen MR) is 76.7 cm³/mol. The van der Waals surface area contributed by atoms with Gasteiger partial charge in [0.1, 0.15) is 11.5 Å². The molecule has 1 atom stereocenters. The second kappa shape index (κ2) is 7.95. The molecule has 0 aliphatic rings. The molecule has 3 nitrogen and oxygen atoms in total. The van der Waals surface area contributed by atoms with E-state index in [1.807, 2.05) is 0 Å². The minimum Gasteiger partial charge on any atom is -0.496 e. The molecule has 0 aromatic heterocycles. The summed E-state index contributed by atoms with van der Waals surface area (Å²) < 4.78 is 47.5. The van der Waals surface area contributed by atoms with Crippen LogP contribution in [-0.2, 0) is 0 Å². The molecule has 0 aliphatic carbocycles. The van der Waals surface area contributed by atoms with Gasteiger partial charge in [-0.05, 0) is 34.5 Å². The number of halogens is 5. The molecule has 0 fully saturated rings. The summed E-state index contributed by atoms with van der Waals surface area (Å²) in [6, 6.07) is 2.45. The summed E-state index contributed by atoms with van der Waals surface area (Å²) in [7, 11) is 2.91. The van der Waals surface area contributed by atoms with Gasteiger partial charge in [0, 0.05) is 18.0 Å². The van der Waals surface area contributed by atoms with Gasteiger partial charge in [-0.15, -0.1) is 12.4 Å². The quantitative estimate of drug-likeness (QED) is 0.834. The number of ether oxygens (including phenoxy) is 2. The lowest BCUT2D eigenvalue weighted by molar-refractivity contribution is -0.136. The molecule has 8 heteroatoms. The van der Waals surface area contributed by atoms with Crippen molar-refractivity contribution < 1.29 is 22.6 Å². The lowest BCUT2D eigenvalue weighted by Crippen LogP contribution is -2.16. The largest absolute Gasteiger partial charge is 0.496 e. The van der Waals surface area contributed by atoms with Crippen LogP contribution in [0.3, 0.4) is 0 Å². The van der Waals surface area contributed by atoms with E-state index in [1.54, 1.807) is 12.1 Å². The highest BCUT2D eigenvalue weighted by Gasteiger charge is 2.28. The van der Waals surface area contributed by atoms with Gasteiger partial charge in [0.2, 0.25) is 0 Å². The van der Waals surface area contributed by atoms with Gasteiger partial charge in [0.15, 0.2) is 0 Å². The Hall–Kier alpha value is -0.660. The van der Waals surface area contributed by atoms with Crippen LogP contribution in [0, 0.1) is 0 Å². The standard InChI is InChI=1S/C12H15BrF3NO2.ClH/c1-18-10-6-8(13)11(19-2)5-7(10)9(17)3-4-12(14,15)16;/h5-6,9H,3-4,17H2,1-2H3;1H/t9-;/m0./s1. The van der Waals surface area contributed by atoms with E-state index in [9.17, 15) is 13.2 Å². The Morgan fingerprint density at radius 1 is 1.20 bits per heavy atom. The third kappa shape index (κ3) is 5.38. The lowest BCUT2D eigenvalue weighted by Gasteiger charge is -2.18. The normalized spacial score (nSPS) is 12.6. The molecule has 2 N–H and O–H groups in total. The van der Waals surface area contributed by atoms with E-state index in [4.69, 9.17) is 15.2 Å². The van der Waals surface area contributed by atoms with E-state index in [0.717, 1.165) is 0 Å². The molecular formula is C12H16BrClF3NO2. The van der Waals surface area contributed by atoms with Crippen LogP contribution in [0.2, 0.25) is 0 Å². The molecule has 0 heterocycles. The molecule has 116 valence electrons. The van der Waals surface area contributed by atoms with Crippen LogP contribution < -0.4 is 15.2 Å². The predicted octanol–water partition coefficient (Wildman–Crippen LogP) is 4.23. The Morgan fingerprint density at radius 2 is 1.75 bits per heavy atom. The van der Waals surface area contributed by atoms with Crippen molar-refractivity contribution in [3.8, 4) is 11.5 Å². The molecule has 0 saturated carbocycles. The Morgan fingerprint density at radius 3 is 2.20 bits per heavy atom. The monoisotopic (exact) mass is 377 g/mol. The van der Waals surface area contributed by atoms with Gasteiger partial charge in [0.25, 0.3) is 0 Å². The van der Waals surface area contributed by atoms with E-state index in [0.29, 0.717) is 21.5 Å². The highest BCUT2D eigenvalue weighted by Crippen LogP contribution is 2.37. The maximum absolute atomic E-state index is 12.2. The Bertz CT molecular complexity index is 443. The van der Waals surface area contributed by atoms with Gasteiger partial charge in [-0.1, -0.05) is 0 Å². The molecule has 1 rings (SSSR count). The number of hydrogen-bond donors (Lipinski definition) is 1. The summed E-state index contributed by atoms with van der Waals surface area (Å²) in [6.07, 6.45) is -5.36.